The molecular formula is C27H27N3O3. The molecule has 6 nitrogen and oxygen atoms in total. The molecule has 3 aromatic rings. The van der Waals surface area contributed by atoms with Gasteiger partial charge in [-0.25, -0.2) is 0 Å². The lowest BCUT2D eigenvalue weighted by molar-refractivity contribution is -0.121. The van der Waals surface area contributed by atoms with Crippen molar-refractivity contribution in [3.05, 3.63) is 102 Å². The Morgan fingerprint density at radius 3 is 1.82 bits per heavy atom. The lowest BCUT2D eigenvalue weighted by Crippen LogP contribution is -2.37. The fourth-order valence-electron chi connectivity index (χ4n) is 3.65. The molecule has 0 radical (unpaired) electrons. The molecule has 0 bridgehead atoms. The van der Waals surface area contributed by atoms with Gasteiger partial charge < -0.3 is 16.0 Å². The summed E-state index contributed by atoms with van der Waals surface area (Å²) in [5, 5.41) is 8.61. The molecule has 1 fully saturated rings. The summed E-state index contributed by atoms with van der Waals surface area (Å²) in [5.74, 6) is -0.593. The summed E-state index contributed by atoms with van der Waals surface area (Å²) in [5.41, 5.74) is 3.01. The van der Waals surface area contributed by atoms with Crippen molar-refractivity contribution in [2.45, 2.75) is 18.8 Å². The van der Waals surface area contributed by atoms with E-state index in [-0.39, 0.29) is 23.6 Å². The normalized spacial score (nSPS) is 12.8. The Bertz CT molecular complexity index is 1050. The number of hydrogen-bond acceptors (Lipinski definition) is 3. The summed E-state index contributed by atoms with van der Waals surface area (Å²) in [6.45, 7) is 0.622. The maximum Gasteiger partial charge on any atom is 0.251 e. The first-order valence-corrected chi connectivity index (χ1v) is 11.2. The van der Waals surface area contributed by atoms with Gasteiger partial charge in [0, 0.05) is 30.3 Å². The minimum Gasteiger partial charge on any atom is -0.354 e. The zero-order chi connectivity index (χ0) is 23.0. The summed E-state index contributed by atoms with van der Waals surface area (Å²) < 4.78 is 0. The van der Waals surface area contributed by atoms with Crippen LogP contribution in [0.15, 0.2) is 84.9 Å². The van der Waals surface area contributed by atoms with Gasteiger partial charge in [-0.1, -0.05) is 60.7 Å². The van der Waals surface area contributed by atoms with Crippen LogP contribution in [0.1, 0.15) is 40.2 Å². The average Bonchev–Trinajstić information content (AvgIpc) is 3.70. The van der Waals surface area contributed by atoms with Crippen LogP contribution >= 0.6 is 0 Å². The molecule has 1 aliphatic carbocycles. The SMILES string of the molecule is O=C(NCCNC(=O)C(c1ccccc1)c1ccccc1)c1ccc(NC(=O)C2CC2)cc1. The van der Waals surface area contributed by atoms with E-state index >= 15 is 0 Å². The number of carbonyl (C=O) groups excluding carboxylic acids is 3. The van der Waals surface area contributed by atoms with Crippen LogP contribution in [0.4, 0.5) is 5.69 Å². The molecule has 3 aromatic carbocycles. The third-order valence-electron chi connectivity index (χ3n) is 5.60. The first-order valence-electron chi connectivity index (χ1n) is 11.2. The maximum absolute atomic E-state index is 13.0. The largest absolute Gasteiger partial charge is 0.354 e. The molecule has 33 heavy (non-hydrogen) atoms. The summed E-state index contributed by atoms with van der Waals surface area (Å²) in [6, 6.07) is 26.1. The first kappa shape index (κ1) is 22.3. The lowest BCUT2D eigenvalue weighted by Gasteiger charge is -2.18. The van der Waals surface area contributed by atoms with Crippen molar-refractivity contribution in [2.75, 3.05) is 18.4 Å². The van der Waals surface area contributed by atoms with Gasteiger partial charge in [0.1, 0.15) is 0 Å². The van der Waals surface area contributed by atoms with Crippen molar-refractivity contribution < 1.29 is 14.4 Å². The zero-order valence-corrected chi connectivity index (χ0v) is 18.3. The van der Waals surface area contributed by atoms with Gasteiger partial charge in [-0.2, -0.15) is 0 Å². The van der Waals surface area contributed by atoms with E-state index < -0.39 is 5.92 Å². The second kappa shape index (κ2) is 10.6. The molecule has 0 spiro atoms. The van der Waals surface area contributed by atoms with Crippen molar-refractivity contribution >= 4 is 23.4 Å². The van der Waals surface area contributed by atoms with Gasteiger partial charge in [-0.15, -0.1) is 0 Å². The quantitative estimate of drug-likeness (QED) is 0.443. The predicted molar refractivity (Wildman–Crippen MR) is 128 cm³/mol. The number of rotatable bonds is 9. The standard InChI is InChI=1S/C27H27N3O3/c31-25(21-13-15-23(16-14-21)30-26(32)22-11-12-22)28-17-18-29-27(33)24(19-7-3-1-4-8-19)20-9-5-2-6-10-20/h1-10,13-16,22,24H,11-12,17-18H2,(H,28,31)(H,29,33)(H,30,32). The molecule has 0 heterocycles. The van der Waals surface area contributed by atoms with Gasteiger partial charge in [0.15, 0.2) is 0 Å². The van der Waals surface area contributed by atoms with Crippen molar-refractivity contribution in [1.29, 1.82) is 0 Å². The number of benzene rings is 3. The van der Waals surface area contributed by atoms with Gasteiger partial charge in [0.25, 0.3) is 5.91 Å². The number of carbonyl (C=O) groups is 3. The zero-order valence-electron chi connectivity index (χ0n) is 18.3. The lowest BCUT2D eigenvalue weighted by atomic mass is 9.90. The molecule has 0 aliphatic heterocycles. The highest BCUT2D eigenvalue weighted by atomic mass is 16.2. The smallest absolute Gasteiger partial charge is 0.251 e. The van der Waals surface area contributed by atoms with Crippen LogP contribution in [-0.4, -0.2) is 30.8 Å². The summed E-state index contributed by atoms with van der Waals surface area (Å²) in [6.07, 6.45) is 1.89. The van der Waals surface area contributed by atoms with E-state index in [1.54, 1.807) is 24.3 Å². The second-order valence-corrected chi connectivity index (χ2v) is 8.14. The highest BCUT2D eigenvalue weighted by Gasteiger charge is 2.29. The van der Waals surface area contributed by atoms with E-state index in [4.69, 9.17) is 0 Å². The van der Waals surface area contributed by atoms with Crippen molar-refractivity contribution in [3.8, 4) is 0 Å². The van der Waals surface area contributed by atoms with Gasteiger partial charge >= 0.3 is 0 Å². The summed E-state index contributed by atoms with van der Waals surface area (Å²) in [7, 11) is 0. The van der Waals surface area contributed by atoms with Gasteiger partial charge in [0.2, 0.25) is 11.8 Å². The average molecular weight is 442 g/mol. The highest BCUT2D eigenvalue weighted by molar-refractivity contribution is 5.96. The number of nitrogens with one attached hydrogen (secondary N) is 3. The maximum atomic E-state index is 13.0. The molecule has 4 rings (SSSR count). The minimum absolute atomic E-state index is 0.0345. The summed E-state index contributed by atoms with van der Waals surface area (Å²) >= 11 is 0. The molecule has 1 aliphatic rings. The molecule has 3 amide bonds. The van der Waals surface area contributed by atoms with Crippen LogP contribution < -0.4 is 16.0 Å². The summed E-state index contributed by atoms with van der Waals surface area (Å²) in [4.78, 5) is 37.2. The van der Waals surface area contributed by atoms with Crippen LogP contribution in [0, 0.1) is 5.92 Å². The molecule has 3 N–H and O–H groups in total. The third kappa shape index (κ3) is 6.07. The molecular weight excluding hydrogens is 414 g/mol. The Labute approximate surface area is 193 Å². The van der Waals surface area contributed by atoms with Crippen molar-refractivity contribution in [1.82, 2.24) is 10.6 Å². The van der Waals surface area contributed by atoms with E-state index in [9.17, 15) is 14.4 Å². The van der Waals surface area contributed by atoms with E-state index in [1.165, 1.54) is 0 Å². The van der Waals surface area contributed by atoms with Gasteiger partial charge in [0.05, 0.1) is 5.92 Å². The van der Waals surface area contributed by atoms with E-state index in [0.29, 0.717) is 24.3 Å². The number of anilines is 1. The van der Waals surface area contributed by atoms with Crippen molar-refractivity contribution in [3.63, 3.8) is 0 Å². The minimum atomic E-state index is -0.415. The van der Waals surface area contributed by atoms with E-state index in [0.717, 1.165) is 24.0 Å². The molecule has 6 heteroatoms. The van der Waals surface area contributed by atoms with Crippen LogP contribution in [-0.2, 0) is 9.59 Å². The third-order valence-corrected chi connectivity index (χ3v) is 5.60. The molecule has 0 aromatic heterocycles. The molecule has 0 saturated heterocycles. The Morgan fingerprint density at radius 2 is 1.27 bits per heavy atom. The monoisotopic (exact) mass is 441 g/mol. The Morgan fingerprint density at radius 1 is 0.727 bits per heavy atom. The van der Waals surface area contributed by atoms with Crippen LogP contribution in [0.2, 0.25) is 0 Å². The highest BCUT2D eigenvalue weighted by Crippen LogP contribution is 2.30. The molecule has 1 saturated carbocycles. The topological polar surface area (TPSA) is 87.3 Å². The van der Waals surface area contributed by atoms with Gasteiger partial charge in [-0.3, -0.25) is 14.4 Å². The van der Waals surface area contributed by atoms with Crippen LogP contribution in [0.5, 0.6) is 0 Å². The van der Waals surface area contributed by atoms with Crippen LogP contribution in [0.25, 0.3) is 0 Å². The molecule has 0 atom stereocenters. The predicted octanol–water partition coefficient (Wildman–Crippen LogP) is 3.71. The molecule has 168 valence electrons. The molecule has 0 unspecified atom stereocenters. The van der Waals surface area contributed by atoms with E-state index in [2.05, 4.69) is 16.0 Å². The Balaban J connectivity index is 1.28. The number of amides is 3. The van der Waals surface area contributed by atoms with Crippen molar-refractivity contribution in [2.24, 2.45) is 5.92 Å². The van der Waals surface area contributed by atoms with E-state index in [1.807, 2.05) is 60.7 Å². The number of hydrogen-bond donors (Lipinski definition) is 3. The fraction of sp³-hybridized carbons (Fsp3) is 0.222. The van der Waals surface area contributed by atoms with Gasteiger partial charge in [-0.05, 0) is 48.2 Å². The first-order chi connectivity index (χ1) is 16.1. The Hall–Kier alpha value is -3.93. The second-order valence-electron chi connectivity index (χ2n) is 8.14. The Kier molecular flexibility index (Phi) is 7.15. The fourth-order valence-corrected chi connectivity index (χ4v) is 3.65. The van der Waals surface area contributed by atoms with Crippen LogP contribution in [0.3, 0.4) is 0 Å².